The van der Waals surface area contributed by atoms with Gasteiger partial charge in [-0.15, -0.1) is 0 Å². The van der Waals surface area contributed by atoms with Gasteiger partial charge in [-0.25, -0.2) is 4.98 Å². The molecule has 1 aromatic rings. The second-order valence-corrected chi connectivity index (χ2v) is 6.62. The zero-order chi connectivity index (χ0) is 14.6. The minimum absolute atomic E-state index is 0.148. The van der Waals surface area contributed by atoms with E-state index in [1.165, 1.54) is 11.3 Å². The van der Waals surface area contributed by atoms with Crippen molar-refractivity contribution in [1.82, 2.24) is 10.3 Å². The fourth-order valence-corrected chi connectivity index (χ4v) is 2.78. The van der Waals surface area contributed by atoms with Gasteiger partial charge in [0, 0.05) is 11.6 Å². The maximum Gasteiger partial charge on any atom is 0.265 e. The van der Waals surface area contributed by atoms with Gasteiger partial charge in [0.15, 0.2) is 5.13 Å². The Morgan fingerprint density at radius 1 is 1.47 bits per heavy atom. The van der Waals surface area contributed by atoms with Crippen LogP contribution in [-0.4, -0.2) is 22.5 Å². The number of carbonyl (C=O) groups excluding carboxylic acids is 1. The van der Waals surface area contributed by atoms with Crippen molar-refractivity contribution in [2.24, 2.45) is 0 Å². The molecule has 0 bridgehead atoms. The predicted octanol–water partition coefficient (Wildman–Crippen LogP) is 2.85. The number of nitrogen functional groups attached to an aromatic ring is 1. The summed E-state index contributed by atoms with van der Waals surface area (Å²) in [7, 11) is 0. The number of amides is 1. The van der Waals surface area contributed by atoms with Crippen molar-refractivity contribution < 1.29 is 4.79 Å². The summed E-state index contributed by atoms with van der Waals surface area (Å²) < 4.78 is 0. The van der Waals surface area contributed by atoms with Crippen LogP contribution < -0.4 is 16.4 Å². The molecule has 0 atom stereocenters. The van der Waals surface area contributed by atoms with Gasteiger partial charge < -0.3 is 16.4 Å². The normalized spacial score (nSPS) is 11.7. The van der Waals surface area contributed by atoms with E-state index in [9.17, 15) is 4.79 Å². The molecule has 0 fully saturated rings. The largest absolute Gasteiger partial charge is 0.382 e. The molecule has 0 spiro atoms. The van der Waals surface area contributed by atoms with Crippen molar-refractivity contribution in [3.63, 3.8) is 0 Å². The van der Waals surface area contributed by atoms with E-state index in [2.05, 4.69) is 22.5 Å². The number of nitrogens with zero attached hydrogens (tertiary/aromatic N) is 1. The van der Waals surface area contributed by atoms with Crippen LogP contribution in [0.5, 0.6) is 0 Å². The minimum Gasteiger partial charge on any atom is -0.382 e. The van der Waals surface area contributed by atoms with Gasteiger partial charge >= 0.3 is 0 Å². The molecule has 1 aromatic heterocycles. The zero-order valence-electron chi connectivity index (χ0n) is 12.3. The smallest absolute Gasteiger partial charge is 0.265 e. The molecule has 0 aliphatic heterocycles. The summed E-state index contributed by atoms with van der Waals surface area (Å²) in [4.78, 5) is 16.9. The van der Waals surface area contributed by atoms with E-state index < -0.39 is 0 Å². The van der Waals surface area contributed by atoms with E-state index >= 15 is 0 Å². The minimum atomic E-state index is -0.228. The van der Waals surface area contributed by atoms with Crippen molar-refractivity contribution in [3.8, 4) is 0 Å². The molecule has 4 N–H and O–H groups in total. The van der Waals surface area contributed by atoms with Gasteiger partial charge in [0.05, 0.1) is 0 Å². The second kappa shape index (κ2) is 6.23. The van der Waals surface area contributed by atoms with Gasteiger partial charge in [0.2, 0.25) is 0 Å². The first-order chi connectivity index (χ1) is 8.75. The fraction of sp³-hybridized carbons (Fsp3) is 0.692. The molecule has 1 amide bonds. The van der Waals surface area contributed by atoms with Crippen molar-refractivity contribution in [2.45, 2.75) is 59.0 Å². The Hall–Kier alpha value is -1.30. The number of thiazole rings is 1. The Morgan fingerprint density at radius 3 is 2.63 bits per heavy atom. The molecular weight excluding hydrogens is 260 g/mol. The Labute approximate surface area is 119 Å². The van der Waals surface area contributed by atoms with Gasteiger partial charge in [-0.05, 0) is 34.1 Å². The standard InChI is InChI=1S/C13H24N4OS/c1-6-7-13(4,5)17-11(18)9-10(14)16-12(19-9)15-8(2)3/h8H,6-7,14H2,1-5H3,(H,15,16)(H,17,18). The van der Waals surface area contributed by atoms with Crippen molar-refractivity contribution in [1.29, 1.82) is 0 Å². The van der Waals surface area contributed by atoms with Gasteiger partial charge in [0.25, 0.3) is 5.91 Å². The molecule has 0 saturated carbocycles. The lowest BCUT2D eigenvalue weighted by Gasteiger charge is -2.25. The first-order valence-corrected chi connectivity index (χ1v) is 7.42. The molecule has 0 saturated heterocycles. The van der Waals surface area contributed by atoms with Crippen LogP contribution in [0.4, 0.5) is 10.9 Å². The zero-order valence-corrected chi connectivity index (χ0v) is 13.1. The van der Waals surface area contributed by atoms with E-state index in [0.29, 0.717) is 10.0 Å². The third-order valence-electron chi connectivity index (χ3n) is 2.60. The highest BCUT2D eigenvalue weighted by Crippen LogP contribution is 2.26. The Kier molecular flexibility index (Phi) is 5.17. The Balaban J connectivity index is 2.80. The molecule has 0 aliphatic carbocycles. The lowest BCUT2D eigenvalue weighted by Crippen LogP contribution is -2.43. The monoisotopic (exact) mass is 284 g/mol. The Morgan fingerprint density at radius 2 is 2.11 bits per heavy atom. The molecule has 19 heavy (non-hydrogen) atoms. The number of carbonyl (C=O) groups is 1. The molecule has 0 aliphatic rings. The predicted molar refractivity (Wildman–Crippen MR) is 81.7 cm³/mol. The molecule has 0 radical (unpaired) electrons. The highest BCUT2D eigenvalue weighted by Gasteiger charge is 2.23. The first kappa shape index (κ1) is 15.8. The molecule has 6 heteroatoms. The van der Waals surface area contributed by atoms with Gasteiger partial charge in [-0.2, -0.15) is 0 Å². The van der Waals surface area contributed by atoms with Crippen LogP contribution in [0.2, 0.25) is 0 Å². The van der Waals surface area contributed by atoms with Crippen LogP contribution in [0.1, 0.15) is 57.1 Å². The maximum atomic E-state index is 12.2. The highest BCUT2D eigenvalue weighted by molar-refractivity contribution is 7.18. The van der Waals surface area contributed by atoms with Crippen LogP contribution >= 0.6 is 11.3 Å². The summed E-state index contributed by atoms with van der Waals surface area (Å²) in [5.74, 6) is 0.142. The van der Waals surface area contributed by atoms with E-state index in [4.69, 9.17) is 5.73 Å². The number of aromatic nitrogens is 1. The van der Waals surface area contributed by atoms with Crippen molar-refractivity contribution >= 4 is 28.2 Å². The summed E-state index contributed by atoms with van der Waals surface area (Å²) in [6.45, 7) is 10.2. The van der Waals surface area contributed by atoms with Crippen LogP contribution in [0.25, 0.3) is 0 Å². The third kappa shape index (κ3) is 4.70. The second-order valence-electron chi connectivity index (χ2n) is 5.62. The van der Waals surface area contributed by atoms with Crippen LogP contribution in [0, 0.1) is 0 Å². The van der Waals surface area contributed by atoms with Gasteiger partial charge in [-0.3, -0.25) is 4.79 Å². The highest BCUT2D eigenvalue weighted by atomic mass is 32.1. The van der Waals surface area contributed by atoms with E-state index in [1.807, 2.05) is 27.7 Å². The molecule has 108 valence electrons. The SMILES string of the molecule is CCCC(C)(C)NC(=O)c1sc(NC(C)C)nc1N. The molecule has 1 heterocycles. The summed E-state index contributed by atoms with van der Waals surface area (Å²) in [6.07, 6.45) is 1.94. The van der Waals surface area contributed by atoms with E-state index in [0.717, 1.165) is 12.8 Å². The van der Waals surface area contributed by atoms with Crippen LogP contribution in [0.15, 0.2) is 0 Å². The summed E-state index contributed by atoms with van der Waals surface area (Å²) in [6, 6.07) is 0.262. The number of nitrogens with two attached hydrogens (primary N) is 1. The average Bonchev–Trinajstić information content (AvgIpc) is 2.57. The fourth-order valence-electron chi connectivity index (χ4n) is 1.85. The lowest BCUT2D eigenvalue weighted by atomic mass is 9.99. The Bertz CT molecular complexity index is 440. The molecule has 1 rings (SSSR count). The first-order valence-electron chi connectivity index (χ1n) is 6.60. The number of anilines is 2. The summed E-state index contributed by atoms with van der Waals surface area (Å²) in [5.41, 5.74) is 5.58. The third-order valence-corrected chi connectivity index (χ3v) is 3.60. The van der Waals surface area contributed by atoms with Crippen LogP contribution in [-0.2, 0) is 0 Å². The van der Waals surface area contributed by atoms with Crippen LogP contribution in [0.3, 0.4) is 0 Å². The van der Waals surface area contributed by atoms with E-state index in [-0.39, 0.29) is 23.3 Å². The molecule has 0 aromatic carbocycles. The maximum absolute atomic E-state index is 12.2. The van der Waals surface area contributed by atoms with Crippen molar-refractivity contribution in [2.75, 3.05) is 11.1 Å². The number of hydrogen-bond acceptors (Lipinski definition) is 5. The quantitative estimate of drug-likeness (QED) is 0.750. The number of hydrogen-bond donors (Lipinski definition) is 3. The topological polar surface area (TPSA) is 80.0 Å². The molecular formula is C13H24N4OS. The van der Waals surface area contributed by atoms with Gasteiger partial charge in [0.1, 0.15) is 10.7 Å². The summed E-state index contributed by atoms with van der Waals surface area (Å²) >= 11 is 1.30. The molecule has 0 unspecified atom stereocenters. The van der Waals surface area contributed by atoms with Gasteiger partial charge in [-0.1, -0.05) is 24.7 Å². The van der Waals surface area contributed by atoms with E-state index in [1.54, 1.807) is 0 Å². The lowest BCUT2D eigenvalue weighted by molar-refractivity contribution is 0.0914. The summed E-state index contributed by atoms with van der Waals surface area (Å²) in [5, 5.41) is 6.85. The number of rotatable bonds is 6. The van der Waals surface area contributed by atoms with Crippen molar-refractivity contribution in [3.05, 3.63) is 4.88 Å². The average molecular weight is 284 g/mol. The number of nitrogens with one attached hydrogen (secondary N) is 2. The molecule has 5 nitrogen and oxygen atoms in total.